The van der Waals surface area contributed by atoms with Crippen LogP contribution < -0.4 is 5.32 Å². The summed E-state index contributed by atoms with van der Waals surface area (Å²) >= 11 is 0. The minimum atomic E-state index is -0.0297. The van der Waals surface area contributed by atoms with Crippen molar-refractivity contribution in [2.75, 3.05) is 39.3 Å². The maximum atomic E-state index is 12.8. The predicted molar refractivity (Wildman–Crippen MR) is 97.1 cm³/mol. The Kier molecular flexibility index (Phi) is 5.91. The first kappa shape index (κ1) is 17.7. The highest BCUT2D eigenvalue weighted by molar-refractivity contribution is 5.84. The van der Waals surface area contributed by atoms with Gasteiger partial charge in [0.25, 0.3) is 0 Å². The van der Waals surface area contributed by atoms with E-state index in [-0.39, 0.29) is 18.0 Å². The van der Waals surface area contributed by atoms with Crippen LogP contribution in [0.4, 0.5) is 4.79 Å². The number of likely N-dealkylation sites (tertiary alicyclic amines) is 1. The number of carbonyl (C=O) groups excluding carboxylic acids is 2. The Hall–Kier alpha value is -2.08. The molecular formula is C19H28N4O2. The van der Waals surface area contributed by atoms with Gasteiger partial charge in [0.2, 0.25) is 5.91 Å². The number of hydrogen-bond acceptors (Lipinski definition) is 3. The predicted octanol–water partition coefficient (Wildman–Crippen LogP) is 1.52. The van der Waals surface area contributed by atoms with Gasteiger partial charge in [0.1, 0.15) is 0 Å². The fraction of sp³-hybridized carbons (Fsp3) is 0.579. The van der Waals surface area contributed by atoms with Crippen LogP contribution in [0.3, 0.4) is 0 Å². The van der Waals surface area contributed by atoms with Gasteiger partial charge in [-0.2, -0.15) is 0 Å². The van der Waals surface area contributed by atoms with Crippen molar-refractivity contribution in [2.24, 2.45) is 0 Å². The van der Waals surface area contributed by atoms with Crippen LogP contribution in [0.5, 0.6) is 0 Å². The van der Waals surface area contributed by atoms with Gasteiger partial charge >= 0.3 is 6.03 Å². The Bertz CT molecular complexity index is 592. The van der Waals surface area contributed by atoms with Gasteiger partial charge in [0.15, 0.2) is 0 Å². The molecule has 6 nitrogen and oxygen atoms in total. The highest BCUT2D eigenvalue weighted by Gasteiger charge is 2.36. The van der Waals surface area contributed by atoms with E-state index in [0.717, 1.165) is 39.0 Å². The molecule has 6 heteroatoms. The number of rotatable bonds is 4. The molecule has 3 rings (SSSR count). The zero-order valence-electron chi connectivity index (χ0n) is 15.0. The second kappa shape index (κ2) is 8.34. The molecule has 0 unspecified atom stereocenters. The number of benzene rings is 1. The lowest BCUT2D eigenvalue weighted by atomic mass is 10.2. The van der Waals surface area contributed by atoms with Crippen molar-refractivity contribution in [1.29, 1.82) is 0 Å². The Morgan fingerprint density at radius 2 is 1.92 bits per heavy atom. The summed E-state index contributed by atoms with van der Waals surface area (Å²) in [5, 5.41) is 2.86. The average Bonchev–Trinajstić information content (AvgIpc) is 2.84. The highest BCUT2D eigenvalue weighted by atomic mass is 16.2. The van der Waals surface area contributed by atoms with Gasteiger partial charge in [-0.05, 0) is 25.3 Å². The fourth-order valence-corrected chi connectivity index (χ4v) is 3.74. The van der Waals surface area contributed by atoms with Crippen LogP contribution in [0.2, 0.25) is 0 Å². The zero-order valence-corrected chi connectivity index (χ0v) is 15.0. The van der Waals surface area contributed by atoms with Crippen LogP contribution in [0.15, 0.2) is 30.3 Å². The molecule has 2 aliphatic rings. The van der Waals surface area contributed by atoms with E-state index in [4.69, 9.17) is 0 Å². The van der Waals surface area contributed by atoms with Crippen molar-refractivity contribution in [2.45, 2.75) is 32.4 Å². The summed E-state index contributed by atoms with van der Waals surface area (Å²) in [6.07, 6.45) is 1.80. The SMILES string of the molecule is CCNC(=O)N1CCCN([C@@H]2CCN(Cc3ccccc3)C2=O)CC1. The molecular weight excluding hydrogens is 316 g/mol. The molecule has 0 bridgehead atoms. The van der Waals surface area contributed by atoms with Gasteiger partial charge < -0.3 is 15.1 Å². The third kappa shape index (κ3) is 4.31. The van der Waals surface area contributed by atoms with E-state index in [9.17, 15) is 9.59 Å². The number of nitrogens with one attached hydrogen (secondary N) is 1. The largest absolute Gasteiger partial charge is 0.338 e. The van der Waals surface area contributed by atoms with Gasteiger partial charge in [-0.15, -0.1) is 0 Å². The molecule has 1 aromatic rings. The summed E-state index contributed by atoms with van der Waals surface area (Å²) in [6.45, 7) is 7.18. The molecule has 2 fully saturated rings. The van der Waals surface area contributed by atoms with E-state index >= 15 is 0 Å². The van der Waals surface area contributed by atoms with Crippen molar-refractivity contribution in [1.82, 2.24) is 20.0 Å². The average molecular weight is 344 g/mol. The molecule has 136 valence electrons. The van der Waals surface area contributed by atoms with E-state index in [1.165, 1.54) is 5.56 Å². The third-order valence-electron chi connectivity index (χ3n) is 5.07. The fourth-order valence-electron chi connectivity index (χ4n) is 3.74. The standard InChI is InChI=1S/C19H28N4O2/c1-2-20-19(25)22-11-6-10-21(13-14-22)17-9-12-23(18(17)24)15-16-7-4-3-5-8-16/h3-5,7-8,17H,2,6,9-15H2,1H3,(H,20,25)/t17-/m1/s1. The van der Waals surface area contributed by atoms with Gasteiger partial charge in [-0.1, -0.05) is 30.3 Å². The van der Waals surface area contributed by atoms with E-state index in [2.05, 4.69) is 22.3 Å². The van der Waals surface area contributed by atoms with Crippen molar-refractivity contribution < 1.29 is 9.59 Å². The molecule has 1 aromatic carbocycles. The molecule has 2 aliphatic heterocycles. The van der Waals surface area contributed by atoms with Crippen LogP contribution in [0.25, 0.3) is 0 Å². The summed E-state index contributed by atoms with van der Waals surface area (Å²) in [4.78, 5) is 31.0. The van der Waals surface area contributed by atoms with E-state index in [0.29, 0.717) is 19.6 Å². The molecule has 0 aliphatic carbocycles. The normalized spacial score (nSPS) is 22.1. The minimum Gasteiger partial charge on any atom is -0.338 e. The topological polar surface area (TPSA) is 55.9 Å². The summed E-state index contributed by atoms with van der Waals surface area (Å²) in [5.74, 6) is 0.232. The second-order valence-corrected chi connectivity index (χ2v) is 6.76. The zero-order chi connectivity index (χ0) is 17.6. The monoisotopic (exact) mass is 344 g/mol. The lowest BCUT2D eigenvalue weighted by Crippen LogP contribution is -2.45. The first-order valence-corrected chi connectivity index (χ1v) is 9.28. The van der Waals surface area contributed by atoms with Crippen LogP contribution in [-0.2, 0) is 11.3 Å². The van der Waals surface area contributed by atoms with Gasteiger partial charge in [-0.25, -0.2) is 4.79 Å². The molecule has 3 amide bonds. The quantitative estimate of drug-likeness (QED) is 0.901. The number of urea groups is 1. The molecule has 0 spiro atoms. The smallest absolute Gasteiger partial charge is 0.317 e. The van der Waals surface area contributed by atoms with Gasteiger partial charge in [0, 0.05) is 45.8 Å². The Balaban J connectivity index is 1.56. The number of nitrogens with zero attached hydrogens (tertiary/aromatic N) is 3. The molecule has 0 aromatic heterocycles. The first-order chi connectivity index (χ1) is 12.2. The second-order valence-electron chi connectivity index (χ2n) is 6.76. The van der Waals surface area contributed by atoms with Crippen molar-refractivity contribution in [3.05, 3.63) is 35.9 Å². The maximum Gasteiger partial charge on any atom is 0.317 e. The van der Waals surface area contributed by atoms with Crippen LogP contribution in [0, 0.1) is 0 Å². The van der Waals surface area contributed by atoms with Crippen LogP contribution in [0.1, 0.15) is 25.3 Å². The third-order valence-corrected chi connectivity index (χ3v) is 5.07. The summed E-state index contributed by atoms with van der Waals surface area (Å²) in [5.41, 5.74) is 1.18. The number of hydrogen-bond donors (Lipinski definition) is 1. The lowest BCUT2D eigenvalue weighted by Gasteiger charge is -2.26. The Morgan fingerprint density at radius 3 is 2.68 bits per heavy atom. The van der Waals surface area contributed by atoms with Crippen molar-refractivity contribution in [3.8, 4) is 0 Å². The Labute approximate surface area is 149 Å². The van der Waals surface area contributed by atoms with E-state index in [1.807, 2.05) is 34.9 Å². The molecule has 1 N–H and O–H groups in total. The van der Waals surface area contributed by atoms with Crippen LogP contribution >= 0.6 is 0 Å². The lowest BCUT2D eigenvalue weighted by molar-refractivity contribution is -0.132. The minimum absolute atomic E-state index is 0.00722. The van der Waals surface area contributed by atoms with Gasteiger partial charge in [-0.3, -0.25) is 9.69 Å². The molecule has 1 atom stereocenters. The summed E-state index contributed by atoms with van der Waals surface area (Å²) in [6, 6.07) is 10.1. The highest BCUT2D eigenvalue weighted by Crippen LogP contribution is 2.21. The van der Waals surface area contributed by atoms with Crippen molar-refractivity contribution >= 4 is 11.9 Å². The molecule has 0 radical (unpaired) electrons. The van der Waals surface area contributed by atoms with E-state index < -0.39 is 0 Å². The van der Waals surface area contributed by atoms with Gasteiger partial charge in [0.05, 0.1) is 6.04 Å². The van der Waals surface area contributed by atoms with E-state index in [1.54, 1.807) is 0 Å². The first-order valence-electron chi connectivity index (χ1n) is 9.28. The molecule has 2 saturated heterocycles. The molecule has 2 heterocycles. The number of carbonyl (C=O) groups is 2. The molecule has 25 heavy (non-hydrogen) atoms. The summed E-state index contributed by atoms with van der Waals surface area (Å²) < 4.78 is 0. The van der Waals surface area contributed by atoms with Crippen molar-refractivity contribution in [3.63, 3.8) is 0 Å². The van der Waals surface area contributed by atoms with Crippen LogP contribution in [-0.4, -0.2) is 71.9 Å². The number of amides is 3. The maximum absolute atomic E-state index is 12.8. The Morgan fingerprint density at radius 1 is 1.12 bits per heavy atom. The molecule has 0 saturated carbocycles. The summed E-state index contributed by atoms with van der Waals surface area (Å²) in [7, 11) is 0.